The van der Waals surface area contributed by atoms with Gasteiger partial charge in [0.05, 0.1) is 3.57 Å². The van der Waals surface area contributed by atoms with Crippen LogP contribution in [0.3, 0.4) is 0 Å². The monoisotopic (exact) mass is 277 g/mol. The van der Waals surface area contributed by atoms with Gasteiger partial charge in [0.1, 0.15) is 0 Å². The Balaban J connectivity index is 3.52. The molecule has 0 bridgehead atoms. The van der Waals surface area contributed by atoms with Crippen LogP contribution in [0.1, 0.15) is 23.9 Å². The molecule has 0 aromatic carbocycles. The van der Waals surface area contributed by atoms with Crippen LogP contribution < -0.4 is 5.43 Å². The van der Waals surface area contributed by atoms with E-state index in [0.717, 1.165) is 26.9 Å². The number of hydrogen-bond donors (Lipinski definition) is 1. The predicted octanol–water partition coefficient (Wildman–Crippen LogP) is 2.16. The van der Waals surface area contributed by atoms with Crippen molar-refractivity contribution < 1.29 is 0 Å². The van der Waals surface area contributed by atoms with Gasteiger partial charge in [0.25, 0.3) is 0 Å². The summed E-state index contributed by atoms with van der Waals surface area (Å²) in [4.78, 5) is 14.8. The van der Waals surface area contributed by atoms with Gasteiger partial charge in [0.2, 0.25) is 0 Å². The third kappa shape index (κ3) is 1.55. The van der Waals surface area contributed by atoms with Gasteiger partial charge < -0.3 is 4.98 Å². The summed E-state index contributed by atoms with van der Waals surface area (Å²) in [5.74, 6) is 0. The first-order valence-corrected chi connectivity index (χ1v) is 5.03. The molecule has 2 nitrogen and oxygen atoms in total. The molecule has 0 amide bonds. The van der Waals surface area contributed by atoms with Crippen molar-refractivity contribution in [2.24, 2.45) is 0 Å². The summed E-state index contributed by atoms with van der Waals surface area (Å²) in [5, 5.41) is 0. The topological polar surface area (TPSA) is 32.9 Å². The lowest BCUT2D eigenvalue weighted by Crippen LogP contribution is -2.16. The minimum atomic E-state index is 0.187. The van der Waals surface area contributed by atoms with Crippen LogP contribution in [0.5, 0.6) is 0 Å². The summed E-state index contributed by atoms with van der Waals surface area (Å²) in [7, 11) is 0. The van der Waals surface area contributed by atoms with E-state index in [1.165, 1.54) is 0 Å². The highest BCUT2D eigenvalue weighted by Crippen LogP contribution is 2.08. The fourth-order valence-electron chi connectivity index (χ4n) is 1.31. The molecule has 3 heteroatoms. The van der Waals surface area contributed by atoms with Gasteiger partial charge >= 0.3 is 0 Å². The molecule has 66 valence electrons. The van der Waals surface area contributed by atoms with Crippen LogP contribution in [-0.4, -0.2) is 4.98 Å². The molecular formula is C9H12INO. The number of pyridine rings is 1. The van der Waals surface area contributed by atoms with E-state index >= 15 is 0 Å². The number of rotatable bonds is 1. The van der Waals surface area contributed by atoms with Crippen LogP contribution in [0.25, 0.3) is 0 Å². The molecule has 1 aromatic rings. The summed E-state index contributed by atoms with van der Waals surface area (Å²) in [6.07, 6.45) is 0.803. The molecule has 0 aliphatic heterocycles. The molecule has 0 fully saturated rings. The summed E-state index contributed by atoms with van der Waals surface area (Å²) in [5.41, 5.74) is 3.06. The van der Waals surface area contributed by atoms with Crippen LogP contribution >= 0.6 is 22.6 Å². The average molecular weight is 277 g/mol. The third-order valence-corrected chi connectivity index (χ3v) is 3.28. The number of H-pyrrole nitrogens is 1. The highest BCUT2D eigenvalue weighted by Gasteiger charge is 2.07. The number of aryl methyl sites for hydroxylation is 2. The maximum absolute atomic E-state index is 11.6. The van der Waals surface area contributed by atoms with Crippen LogP contribution in [0, 0.1) is 17.4 Å². The number of hydrogen-bond acceptors (Lipinski definition) is 1. The zero-order valence-corrected chi connectivity index (χ0v) is 9.65. The van der Waals surface area contributed by atoms with E-state index in [4.69, 9.17) is 0 Å². The van der Waals surface area contributed by atoms with E-state index in [1.807, 2.05) is 20.8 Å². The molecule has 0 atom stereocenters. The van der Waals surface area contributed by atoms with Crippen LogP contribution in [0.2, 0.25) is 0 Å². The molecule has 0 saturated heterocycles. The molecule has 0 unspecified atom stereocenters. The van der Waals surface area contributed by atoms with Crippen molar-refractivity contribution in [2.75, 3.05) is 0 Å². The van der Waals surface area contributed by atoms with Crippen molar-refractivity contribution in [2.45, 2.75) is 27.2 Å². The molecule has 0 aliphatic rings. The Bertz CT molecular complexity index is 354. The quantitative estimate of drug-likeness (QED) is 0.784. The van der Waals surface area contributed by atoms with Crippen LogP contribution in [-0.2, 0) is 6.42 Å². The Hall–Kier alpha value is -0.320. The number of aromatic nitrogens is 1. The molecule has 1 N–H and O–H groups in total. The van der Waals surface area contributed by atoms with Gasteiger partial charge in [-0.25, -0.2) is 0 Å². The van der Waals surface area contributed by atoms with E-state index in [1.54, 1.807) is 0 Å². The lowest BCUT2D eigenvalue weighted by Gasteiger charge is -2.05. The molecule has 0 spiro atoms. The molecule has 12 heavy (non-hydrogen) atoms. The lowest BCUT2D eigenvalue weighted by molar-refractivity contribution is 0.989. The second kappa shape index (κ2) is 3.60. The van der Waals surface area contributed by atoms with E-state index in [2.05, 4.69) is 27.6 Å². The second-order valence-corrected chi connectivity index (χ2v) is 3.93. The second-order valence-electron chi connectivity index (χ2n) is 2.85. The minimum absolute atomic E-state index is 0.187. The van der Waals surface area contributed by atoms with Crippen molar-refractivity contribution in [1.82, 2.24) is 4.98 Å². The van der Waals surface area contributed by atoms with Gasteiger partial charge in [0, 0.05) is 17.0 Å². The fourth-order valence-corrected chi connectivity index (χ4v) is 1.77. The highest BCUT2D eigenvalue weighted by atomic mass is 127. The van der Waals surface area contributed by atoms with Gasteiger partial charge in [-0.3, -0.25) is 4.79 Å². The van der Waals surface area contributed by atoms with Gasteiger partial charge in [0.15, 0.2) is 5.43 Å². The Morgan fingerprint density at radius 1 is 1.33 bits per heavy atom. The van der Waals surface area contributed by atoms with Crippen molar-refractivity contribution in [3.05, 3.63) is 30.7 Å². The van der Waals surface area contributed by atoms with Gasteiger partial charge in [-0.15, -0.1) is 0 Å². The minimum Gasteiger partial charge on any atom is -0.361 e. The lowest BCUT2D eigenvalue weighted by atomic mass is 10.1. The first-order valence-electron chi connectivity index (χ1n) is 3.95. The third-order valence-electron chi connectivity index (χ3n) is 1.98. The van der Waals surface area contributed by atoms with E-state index in [9.17, 15) is 4.79 Å². The Morgan fingerprint density at radius 3 is 2.42 bits per heavy atom. The van der Waals surface area contributed by atoms with E-state index in [0.29, 0.717) is 0 Å². The van der Waals surface area contributed by atoms with Gasteiger partial charge in [-0.2, -0.15) is 0 Å². The summed E-state index contributed by atoms with van der Waals surface area (Å²) < 4.78 is 0.815. The SMILES string of the molecule is CCc1c(C)[nH]c(C)c(I)c1=O. The predicted molar refractivity (Wildman–Crippen MR) is 58.6 cm³/mol. The first kappa shape index (κ1) is 9.77. The Morgan fingerprint density at radius 2 is 1.92 bits per heavy atom. The van der Waals surface area contributed by atoms with Crippen LogP contribution in [0.15, 0.2) is 4.79 Å². The normalized spacial score (nSPS) is 10.3. The fraction of sp³-hybridized carbons (Fsp3) is 0.444. The summed E-state index contributed by atoms with van der Waals surface area (Å²) in [6, 6.07) is 0. The Kier molecular flexibility index (Phi) is 2.93. The van der Waals surface area contributed by atoms with Crippen molar-refractivity contribution in [3.63, 3.8) is 0 Å². The number of aromatic amines is 1. The van der Waals surface area contributed by atoms with E-state index < -0.39 is 0 Å². The zero-order valence-electron chi connectivity index (χ0n) is 7.49. The van der Waals surface area contributed by atoms with E-state index in [-0.39, 0.29) is 5.43 Å². The van der Waals surface area contributed by atoms with Crippen molar-refractivity contribution in [1.29, 1.82) is 0 Å². The molecule has 0 radical (unpaired) electrons. The van der Waals surface area contributed by atoms with Crippen molar-refractivity contribution >= 4 is 22.6 Å². The smallest absolute Gasteiger partial charge is 0.198 e. The molecular weight excluding hydrogens is 265 g/mol. The van der Waals surface area contributed by atoms with Crippen LogP contribution in [0.4, 0.5) is 0 Å². The molecule has 0 saturated carbocycles. The molecule has 1 rings (SSSR count). The molecule has 1 aromatic heterocycles. The van der Waals surface area contributed by atoms with Gasteiger partial charge in [-0.05, 0) is 42.9 Å². The molecule has 0 aliphatic carbocycles. The highest BCUT2D eigenvalue weighted by molar-refractivity contribution is 14.1. The largest absolute Gasteiger partial charge is 0.361 e. The number of nitrogens with one attached hydrogen (secondary N) is 1. The average Bonchev–Trinajstić information content (AvgIpc) is 2.01. The van der Waals surface area contributed by atoms with Crippen molar-refractivity contribution in [3.8, 4) is 0 Å². The zero-order chi connectivity index (χ0) is 9.30. The number of halogens is 1. The summed E-state index contributed by atoms with van der Waals surface area (Å²) in [6.45, 7) is 5.88. The summed E-state index contributed by atoms with van der Waals surface area (Å²) >= 11 is 2.09. The standard InChI is InChI=1S/C9H12INO/c1-4-7-5(2)11-6(3)8(10)9(7)12/h4H2,1-3H3,(H,11,12). The first-order chi connectivity index (χ1) is 5.57. The maximum Gasteiger partial charge on any atom is 0.198 e. The molecule has 1 heterocycles. The Labute approximate surface area is 85.5 Å². The van der Waals surface area contributed by atoms with Gasteiger partial charge in [-0.1, -0.05) is 6.92 Å². The maximum atomic E-state index is 11.6.